The van der Waals surface area contributed by atoms with Crippen LogP contribution in [0.1, 0.15) is 18.5 Å². The summed E-state index contributed by atoms with van der Waals surface area (Å²) in [6.45, 7) is 1.65. The van der Waals surface area contributed by atoms with Crippen LogP contribution in [0.15, 0.2) is 42.7 Å². The van der Waals surface area contributed by atoms with Crippen LogP contribution in [0.2, 0.25) is 0 Å². The summed E-state index contributed by atoms with van der Waals surface area (Å²) in [5, 5.41) is 9.49. The molecule has 0 bridgehead atoms. The second-order valence-corrected chi connectivity index (χ2v) is 4.78. The smallest absolute Gasteiger partial charge is 0.239 e. The maximum atomic E-state index is 11.9. The fraction of sp³-hybridized carbons (Fsp3) is 0.267. The number of para-hydroxylation sites is 1. The van der Waals surface area contributed by atoms with Gasteiger partial charge in [-0.05, 0) is 24.6 Å². The molecular weight excluding hydrogens is 282 g/mol. The number of amides is 2. The van der Waals surface area contributed by atoms with Crippen LogP contribution in [0.3, 0.4) is 0 Å². The number of nitrogens with one attached hydrogen (secondary N) is 2. The molecule has 1 heterocycles. The largest absolute Gasteiger partial charge is 0.348 e. The Hall–Kier alpha value is -2.67. The van der Waals surface area contributed by atoms with Crippen molar-refractivity contribution in [1.82, 2.24) is 20.4 Å². The van der Waals surface area contributed by atoms with Gasteiger partial charge < -0.3 is 16.4 Å². The molecule has 0 aliphatic rings. The van der Waals surface area contributed by atoms with E-state index in [2.05, 4.69) is 15.7 Å². The molecule has 7 nitrogen and oxygen atoms in total. The van der Waals surface area contributed by atoms with E-state index in [0.717, 1.165) is 11.3 Å². The molecule has 1 atom stereocenters. The molecule has 1 aromatic carbocycles. The van der Waals surface area contributed by atoms with E-state index in [0.29, 0.717) is 0 Å². The molecule has 0 aliphatic heterocycles. The van der Waals surface area contributed by atoms with Gasteiger partial charge in [0.25, 0.3) is 0 Å². The van der Waals surface area contributed by atoms with E-state index in [1.807, 2.05) is 43.5 Å². The van der Waals surface area contributed by atoms with Crippen LogP contribution < -0.4 is 16.4 Å². The molecule has 2 aromatic rings. The molecule has 2 amide bonds. The zero-order chi connectivity index (χ0) is 15.9. The minimum atomic E-state index is -0.361. The van der Waals surface area contributed by atoms with Crippen LogP contribution in [0.25, 0.3) is 5.69 Å². The monoisotopic (exact) mass is 301 g/mol. The molecule has 4 N–H and O–H groups in total. The van der Waals surface area contributed by atoms with Crippen LogP contribution in [0.4, 0.5) is 0 Å². The number of aromatic nitrogens is 2. The summed E-state index contributed by atoms with van der Waals surface area (Å²) in [5.41, 5.74) is 7.00. The van der Waals surface area contributed by atoms with Crippen molar-refractivity contribution >= 4 is 11.8 Å². The molecule has 0 fully saturated rings. The molecule has 116 valence electrons. The van der Waals surface area contributed by atoms with Crippen molar-refractivity contribution in [3.05, 3.63) is 48.3 Å². The van der Waals surface area contributed by atoms with Gasteiger partial charge in [0.05, 0.1) is 24.8 Å². The van der Waals surface area contributed by atoms with Crippen molar-refractivity contribution in [3.8, 4) is 5.69 Å². The van der Waals surface area contributed by atoms with Gasteiger partial charge in [0.1, 0.15) is 0 Å². The summed E-state index contributed by atoms with van der Waals surface area (Å²) in [4.78, 5) is 22.9. The predicted octanol–water partition coefficient (Wildman–Crippen LogP) is 0.124. The van der Waals surface area contributed by atoms with E-state index in [1.165, 1.54) is 0 Å². The lowest BCUT2D eigenvalue weighted by atomic mass is 10.1. The first-order valence-corrected chi connectivity index (χ1v) is 6.97. The summed E-state index contributed by atoms with van der Waals surface area (Å²) >= 11 is 0. The minimum Gasteiger partial charge on any atom is -0.348 e. The Morgan fingerprint density at radius 2 is 2.05 bits per heavy atom. The number of rotatable bonds is 6. The molecule has 22 heavy (non-hydrogen) atoms. The first-order valence-electron chi connectivity index (χ1n) is 6.97. The number of hydrogen-bond donors (Lipinski definition) is 3. The van der Waals surface area contributed by atoms with Gasteiger partial charge in [0.15, 0.2) is 0 Å². The Balaban J connectivity index is 2.05. The average Bonchev–Trinajstić information content (AvgIpc) is 3.06. The standard InChI is InChI=1S/C15H19N5O2/c1-11(19-15(22)10-17-14(21)9-16)12-5-2-3-6-13(12)20-8-4-7-18-20/h2-8,11H,9-10,16H2,1H3,(H,17,21)(H,19,22). The maximum Gasteiger partial charge on any atom is 0.239 e. The lowest BCUT2D eigenvalue weighted by Gasteiger charge is -2.18. The van der Waals surface area contributed by atoms with Gasteiger partial charge in [-0.3, -0.25) is 9.59 Å². The first-order chi connectivity index (χ1) is 10.6. The van der Waals surface area contributed by atoms with Gasteiger partial charge in [0.2, 0.25) is 11.8 Å². The third kappa shape index (κ3) is 3.92. The summed E-state index contributed by atoms with van der Waals surface area (Å²) in [7, 11) is 0. The van der Waals surface area contributed by atoms with Crippen molar-refractivity contribution < 1.29 is 9.59 Å². The van der Waals surface area contributed by atoms with Crippen LogP contribution in [-0.2, 0) is 9.59 Å². The van der Waals surface area contributed by atoms with Crippen molar-refractivity contribution in [2.75, 3.05) is 13.1 Å². The molecule has 0 saturated heterocycles. The molecule has 0 radical (unpaired) electrons. The number of nitrogens with zero attached hydrogens (tertiary/aromatic N) is 2. The van der Waals surface area contributed by atoms with E-state index in [-0.39, 0.29) is 30.9 Å². The number of carbonyl (C=O) groups is 2. The predicted molar refractivity (Wildman–Crippen MR) is 82.2 cm³/mol. The van der Waals surface area contributed by atoms with Crippen LogP contribution in [0.5, 0.6) is 0 Å². The number of benzene rings is 1. The Bertz CT molecular complexity index is 639. The molecule has 2 rings (SSSR count). The van der Waals surface area contributed by atoms with Crippen LogP contribution >= 0.6 is 0 Å². The highest BCUT2D eigenvalue weighted by atomic mass is 16.2. The van der Waals surface area contributed by atoms with E-state index >= 15 is 0 Å². The SMILES string of the molecule is CC(NC(=O)CNC(=O)CN)c1ccccc1-n1cccn1. The van der Waals surface area contributed by atoms with E-state index in [4.69, 9.17) is 5.73 Å². The van der Waals surface area contributed by atoms with Crippen LogP contribution in [0, 0.1) is 0 Å². The minimum absolute atomic E-state index is 0.0929. The van der Waals surface area contributed by atoms with Gasteiger partial charge in [0, 0.05) is 12.4 Å². The van der Waals surface area contributed by atoms with Crippen molar-refractivity contribution in [1.29, 1.82) is 0 Å². The quantitative estimate of drug-likeness (QED) is 0.705. The lowest BCUT2D eigenvalue weighted by molar-refractivity contribution is -0.125. The fourth-order valence-electron chi connectivity index (χ4n) is 2.09. The second-order valence-electron chi connectivity index (χ2n) is 4.78. The molecular formula is C15H19N5O2. The van der Waals surface area contributed by atoms with E-state index in [1.54, 1.807) is 10.9 Å². The first kappa shape index (κ1) is 15.7. The summed E-state index contributed by atoms with van der Waals surface area (Å²) < 4.78 is 1.74. The highest BCUT2D eigenvalue weighted by Gasteiger charge is 2.14. The Kier molecular flexibility index (Phi) is 5.26. The number of hydrogen-bond acceptors (Lipinski definition) is 4. The van der Waals surface area contributed by atoms with Gasteiger partial charge in [-0.2, -0.15) is 5.10 Å². The molecule has 0 saturated carbocycles. The van der Waals surface area contributed by atoms with Gasteiger partial charge in [-0.1, -0.05) is 18.2 Å². The van der Waals surface area contributed by atoms with Gasteiger partial charge in [-0.15, -0.1) is 0 Å². The van der Waals surface area contributed by atoms with E-state index < -0.39 is 0 Å². The molecule has 0 aliphatic carbocycles. The maximum absolute atomic E-state index is 11.9. The Labute approximate surface area is 128 Å². The highest BCUT2D eigenvalue weighted by molar-refractivity contribution is 5.85. The zero-order valence-corrected chi connectivity index (χ0v) is 12.3. The Morgan fingerprint density at radius 1 is 1.27 bits per heavy atom. The average molecular weight is 301 g/mol. The van der Waals surface area contributed by atoms with Crippen molar-refractivity contribution in [3.63, 3.8) is 0 Å². The summed E-state index contributed by atoms with van der Waals surface area (Å²) in [6, 6.07) is 9.30. The number of nitrogens with two attached hydrogens (primary N) is 1. The zero-order valence-electron chi connectivity index (χ0n) is 12.3. The highest BCUT2D eigenvalue weighted by Crippen LogP contribution is 2.20. The second kappa shape index (κ2) is 7.37. The van der Waals surface area contributed by atoms with Crippen molar-refractivity contribution in [2.45, 2.75) is 13.0 Å². The summed E-state index contributed by atoms with van der Waals surface area (Å²) in [5.74, 6) is -0.635. The topological polar surface area (TPSA) is 102 Å². The lowest BCUT2D eigenvalue weighted by Crippen LogP contribution is -2.40. The third-order valence-corrected chi connectivity index (χ3v) is 3.16. The molecule has 1 aromatic heterocycles. The molecule has 1 unspecified atom stereocenters. The third-order valence-electron chi connectivity index (χ3n) is 3.16. The van der Waals surface area contributed by atoms with Gasteiger partial charge >= 0.3 is 0 Å². The normalized spacial score (nSPS) is 11.7. The van der Waals surface area contributed by atoms with Crippen molar-refractivity contribution in [2.24, 2.45) is 5.73 Å². The van der Waals surface area contributed by atoms with Crippen LogP contribution in [-0.4, -0.2) is 34.7 Å². The summed E-state index contributed by atoms with van der Waals surface area (Å²) in [6.07, 6.45) is 3.54. The number of carbonyl (C=O) groups excluding carboxylic acids is 2. The Morgan fingerprint density at radius 3 is 2.73 bits per heavy atom. The van der Waals surface area contributed by atoms with Gasteiger partial charge in [-0.25, -0.2) is 4.68 Å². The molecule has 7 heteroatoms. The fourth-order valence-corrected chi connectivity index (χ4v) is 2.09. The van der Waals surface area contributed by atoms with E-state index in [9.17, 15) is 9.59 Å². The molecule has 0 spiro atoms.